The van der Waals surface area contributed by atoms with Crippen molar-refractivity contribution in [2.45, 2.75) is 38.8 Å². The van der Waals surface area contributed by atoms with E-state index in [0.29, 0.717) is 35.8 Å². The van der Waals surface area contributed by atoms with Crippen molar-refractivity contribution in [3.05, 3.63) is 48.0 Å². The van der Waals surface area contributed by atoms with Crippen LogP contribution in [0.3, 0.4) is 0 Å². The van der Waals surface area contributed by atoms with Gasteiger partial charge in [0.25, 0.3) is 0 Å². The molecule has 2 aromatic rings. The van der Waals surface area contributed by atoms with E-state index in [4.69, 9.17) is 14.2 Å². The first kappa shape index (κ1) is 22.5. The first-order valence-electron chi connectivity index (χ1n) is 10.4. The predicted octanol–water partition coefficient (Wildman–Crippen LogP) is 3.72. The van der Waals surface area contributed by atoms with Crippen molar-refractivity contribution < 1.29 is 23.8 Å². The third kappa shape index (κ3) is 4.76. The number of carbonyl (C=O) groups excluding carboxylic acids is 2. The zero-order chi connectivity index (χ0) is 22.5. The van der Waals surface area contributed by atoms with Gasteiger partial charge in [-0.3, -0.25) is 9.59 Å². The van der Waals surface area contributed by atoms with Crippen molar-refractivity contribution in [2.24, 2.45) is 5.92 Å². The van der Waals surface area contributed by atoms with E-state index in [1.807, 2.05) is 50.2 Å². The first-order valence-corrected chi connectivity index (χ1v) is 10.4. The fourth-order valence-corrected chi connectivity index (χ4v) is 4.02. The molecule has 1 heterocycles. The van der Waals surface area contributed by atoms with Crippen LogP contribution in [0.2, 0.25) is 0 Å². The molecular formula is C24H30N2O5. The van der Waals surface area contributed by atoms with Crippen LogP contribution in [-0.2, 0) is 9.59 Å². The molecule has 0 unspecified atom stereocenters. The Labute approximate surface area is 183 Å². The number of carbonyl (C=O) groups is 2. The predicted molar refractivity (Wildman–Crippen MR) is 119 cm³/mol. The smallest absolute Gasteiger partial charge is 0.227 e. The minimum absolute atomic E-state index is 0.00520. The largest absolute Gasteiger partial charge is 0.497 e. The van der Waals surface area contributed by atoms with E-state index in [0.717, 1.165) is 5.56 Å². The molecule has 0 spiro atoms. The molecule has 7 heteroatoms. The third-order valence-electron chi connectivity index (χ3n) is 5.46. The van der Waals surface area contributed by atoms with Gasteiger partial charge in [-0.1, -0.05) is 6.07 Å². The summed E-state index contributed by atoms with van der Waals surface area (Å²) in [5, 5.41) is 3.02. The lowest BCUT2D eigenvalue weighted by molar-refractivity contribution is -0.129. The zero-order valence-corrected chi connectivity index (χ0v) is 18.7. The molecule has 0 bridgehead atoms. The monoisotopic (exact) mass is 426 g/mol. The Hall–Kier alpha value is -3.22. The lowest BCUT2D eigenvalue weighted by Crippen LogP contribution is -2.49. The molecular weight excluding hydrogens is 396 g/mol. The van der Waals surface area contributed by atoms with Gasteiger partial charge in [0.15, 0.2) is 11.5 Å². The Kier molecular flexibility index (Phi) is 7.05. The highest BCUT2D eigenvalue weighted by Gasteiger charge is 2.41. The van der Waals surface area contributed by atoms with Gasteiger partial charge >= 0.3 is 0 Å². The van der Waals surface area contributed by atoms with Gasteiger partial charge < -0.3 is 24.4 Å². The van der Waals surface area contributed by atoms with E-state index in [9.17, 15) is 9.59 Å². The average Bonchev–Trinajstić information content (AvgIpc) is 2.77. The van der Waals surface area contributed by atoms with Crippen LogP contribution in [0.4, 0.5) is 5.69 Å². The second-order valence-corrected chi connectivity index (χ2v) is 7.83. The number of anilines is 1. The highest BCUT2D eigenvalue weighted by Crippen LogP contribution is 2.42. The van der Waals surface area contributed by atoms with Gasteiger partial charge in [0.05, 0.1) is 33.3 Å². The number of piperidine rings is 1. The maximum absolute atomic E-state index is 13.1. The molecule has 2 aromatic carbocycles. The van der Waals surface area contributed by atoms with Crippen LogP contribution in [0.1, 0.15) is 38.3 Å². The number of nitrogens with zero attached hydrogens (tertiary/aromatic N) is 1. The second-order valence-electron chi connectivity index (χ2n) is 7.83. The van der Waals surface area contributed by atoms with Crippen LogP contribution in [0.15, 0.2) is 42.5 Å². The van der Waals surface area contributed by atoms with E-state index in [2.05, 4.69) is 5.32 Å². The van der Waals surface area contributed by atoms with Crippen LogP contribution in [0.5, 0.6) is 17.2 Å². The molecule has 31 heavy (non-hydrogen) atoms. The normalized spacial score (nSPS) is 18.6. The summed E-state index contributed by atoms with van der Waals surface area (Å²) in [5.74, 6) is 1.34. The number of rotatable bonds is 7. The Morgan fingerprint density at radius 3 is 2.26 bits per heavy atom. The molecule has 1 saturated heterocycles. The van der Waals surface area contributed by atoms with Crippen LogP contribution in [-0.4, -0.2) is 39.2 Å². The summed E-state index contributed by atoms with van der Waals surface area (Å²) in [5.41, 5.74) is 1.53. The van der Waals surface area contributed by atoms with Crippen molar-refractivity contribution in [3.63, 3.8) is 0 Å². The Balaban J connectivity index is 2.11. The number of methoxy groups -OCH3 is 3. The number of hydrogen-bond donors (Lipinski definition) is 1. The van der Waals surface area contributed by atoms with Gasteiger partial charge in [0.1, 0.15) is 5.75 Å². The van der Waals surface area contributed by atoms with Gasteiger partial charge in [-0.05, 0) is 62.2 Å². The molecule has 2 atom stereocenters. The molecule has 1 aliphatic rings. The molecule has 166 valence electrons. The number of ether oxygens (including phenoxy) is 3. The average molecular weight is 427 g/mol. The van der Waals surface area contributed by atoms with Crippen LogP contribution >= 0.6 is 0 Å². The summed E-state index contributed by atoms with van der Waals surface area (Å²) >= 11 is 0. The SMILES string of the molecule is COc1ccc(N2C(=O)CC[C@@H](C(=O)NC(C)C)[C@H]2c2ccc(OC)c(OC)c2)cc1. The zero-order valence-electron chi connectivity index (χ0n) is 18.7. The minimum atomic E-state index is -0.479. The fraction of sp³-hybridized carbons (Fsp3) is 0.417. The summed E-state index contributed by atoms with van der Waals surface area (Å²) in [4.78, 5) is 28.0. The number of amides is 2. The standard InChI is InChI=1S/C24H30N2O5/c1-15(2)25-24(28)19-11-13-22(27)26(17-7-9-18(29-3)10-8-17)23(19)16-6-12-20(30-4)21(14-16)31-5/h6-10,12,14-15,19,23H,11,13H2,1-5H3,(H,25,28)/t19-,23-/m1/s1. The van der Waals surface area contributed by atoms with Crippen LogP contribution in [0.25, 0.3) is 0 Å². The highest BCUT2D eigenvalue weighted by atomic mass is 16.5. The number of benzene rings is 2. The van der Waals surface area contributed by atoms with Gasteiger partial charge in [-0.2, -0.15) is 0 Å². The molecule has 0 aliphatic carbocycles. The minimum Gasteiger partial charge on any atom is -0.497 e. The van der Waals surface area contributed by atoms with Crippen LogP contribution in [0, 0.1) is 5.92 Å². The molecule has 0 aromatic heterocycles. The molecule has 3 rings (SSSR count). The van der Waals surface area contributed by atoms with E-state index >= 15 is 0 Å². The summed E-state index contributed by atoms with van der Waals surface area (Å²) in [6.07, 6.45) is 0.773. The van der Waals surface area contributed by atoms with Crippen molar-refractivity contribution in [1.29, 1.82) is 0 Å². The first-order chi connectivity index (χ1) is 14.9. The lowest BCUT2D eigenvalue weighted by Gasteiger charge is -2.41. The molecule has 0 radical (unpaired) electrons. The van der Waals surface area contributed by atoms with Gasteiger partial charge in [-0.15, -0.1) is 0 Å². The summed E-state index contributed by atoms with van der Waals surface area (Å²) in [6, 6.07) is 12.4. The van der Waals surface area contributed by atoms with E-state index in [-0.39, 0.29) is 17.9 Å². The van der Waals surface area contributed by atoms with Gasteiger partial charge in [-0.25, -0.2) is 0 Å². The Bertz CT molecular complexity index is 926. The quantitative estimate of drug-likeness (QED) is 0.730. The van der Waals surface area contributed by atoms with Crippen molar-refractivity contribution in [1.82, 2.24) is 5.32 Å². The maximum Gasteiger partial charge on any atom is 0.227 e. The van der Waals surface area contributed by atoms with Crippen molar-refractivity contribution >= 4 is 17.5 Å². The van der Waals surface area contributed by atoms with Gasteiger partial charge in [0.2, 0.25) is 11.8 Å². The fourth-order valence-electron chi connectivity index (χ4n) is 4.02. The van der Waals surface area contributed by atoms with Gasteiger partial charge in [0, 0.05) is 18.2 Å². The molecule has 1 N–H and O–H groups in total. The topological polar surface area (TPSA) is 77.1 Å². The second kappa shape index (κ2) is 9.73. The number of hydrogen-bond acceptors (Lipinski definition) is 5. The molecule has 0 saturated carbocycles. The van der Waals surface area contributed by atoms with Crippen LogP contribution < -0.4 is 24.4 Å². The number of nitrogens with one attached hydrogen (secondary N) is 1. The summed E-state index contributed by atoms with van der Waals surface area (Å²) < 4.78 is 16.1. The van der Waals surface area contributed by atoms with E-state index < -0.39 is 12.0 Å². The Morgan fingerprint density at radius 1 is 1.00 bits per heavy atom. The molecule has 7 nitrogen and oxygen atoms in total. The highest BCUT2D eigenvalue weighted by molar-refractivity contribution is 5.97. The molecule has 2 amide bonds. The Morgan fingerprint density at radius 2 is 1.68 bits per heavy atom. The third-order valence-corrected chi connectivity index (χ3v) is 5.46. The van der Waals surface area contributed by atoms with Crippen molar-refractivity contribution in [2.75, 3.05) is 26.2 Å². The van der Waals surface area contributed by atoms with E-state index in [1.165, 1.54) is 0 Å². The lowest BCUT2D eigenvalue weighted by atomic mass is 9.83. The summed E-state index contributed by atoms with van der Waals surface area (Å²) in [7, 11) is 4.74. The molecule has 1 fully saturated rings. The van der Waals surface area contributed by atoms with E-state index in [1.54, 1.807) is 32.3 Å². The molecule has 1 aliphatic heterocycles. The maximum atomic E-state index is 13.1. The summed E-state index contributed by atoms with van der Waals surface area (Å²) in [6.45, 7) is 3.86. The van der Waals surface area contributed by atoms with Crippen molar-refractivity contribution in [3.8, 4) is 17.2 Å².